The van der Waals surface area contributed by atoms with Gasteiger partial charge in [-0.25, -0.2) is 4.98 Å². The maximum atomic E-state index is 5.70. The zero-order valence-corrected chi connectivity index (χ0v) is 15.5. The molecule has 3 aromatic rings. The summed E-state index contributed by atoms with van der Waals surface area (Å²) in [6.07, 6.45) is 2.32. The van der Waals surface area contributed by atoms with Crippen LogP contribution in [0.1, 0.15) is 38.7 Å². The lowest BCUT2D eigenvalue weighted by Gasteiger charge is -2.26. The maximum Gasteiger partial charge on any atom is 0.295 e. The van der Waals surface area contributed by atoms with Crippen molar-refractivity contribution in [3.63, 3.8) is 0 Å². The molecule has 5 nitrogen and oxygen atoms in total. The number of nitrogens with one attached hydrogen (secondary N) is 1. The Morgan fingerprint density at radius 2 is 2.16 bits per heavy atom. The largest absolute Gasteiger partial charge is 0.424 e. The molecule has 1 aliphatic heterocycles. The van der Waals surface area contributed by atoms with Crippen molar-refractivity contribution in [1.29, 1.82) is 0 Å². The molecule has 5 heteroatoms. The van der Waals surface area contributed by atoms with Gasteiger partial charge in [0.25, 0.3) is 6.01 Å². The highest BCUT2D eigenvalue weighted by molar-refractivity contribution is 5.81. The Kier molecular flexibility index (Phi) is 4.02. The molecule has 25 heavy (non-hydrogen) atoms. The second-order valence-corrected chi connectivity index (χ2v) is 7.34. The molecule has 0 saturated heterocycles. The number of fused-ring (bicyclic) bond motifs is 2. The van der Waals surface area contributed by atoms with E-state index < -0.39 is 0 Å². The van der Waals surface area contributed by atoms with Gasteiger partial charge >= 0.3 is 0 Å². The summed E-state index contributed by atoms with van der Waals surface area (Å²) >= 11 is 0. The Morgan fingerprint density at radius 3 is 2.92 bits per heavy atom. The minimum atomic E-state index is 0.579. The second kappa shape index (κ2) is 6.21. The van der Waals surface area contributed by atoms with Crippen LogP contribution in [-0.4, -0.2) is 21.1 Å². The fourth-order valence-electron chi connectivity index (χ4n) is 3.82. The minimum absolute atomic E-state index is 0.579. The van der Waals surface area contributed by atoms with Gasteiger partial charge in [-0.05, 0) is 50.3 Å². The summed E-state index contributed by atoms with van der Waals surface area (Å²) < 4.78 is 8.10. The van der Waals surface area contributed by atoms with Crippen molar-refractivity contribution in [3.8, 4) is 11.3 Å². The number of aromatic nitrogens is 3. The summed E-state index contributed by atoms with van der Waals surface area (Å²) in [4.78, 5) is 9.52. The number of rotatable bonds is 4. The summed E-state index contributed by atoms with van der Waals surface area (Å²) in [6, 6.07) is 6.74. The first-order valence-electron chi connectivity index (χ1n) is 9.27. The molecule has 132 valence electrons. The Balaban J connectivity index is 1.71. The Bertz CT molecular complexity index is 906. The molecule has 1 N–H and O–H groups in total. The molecule has 0 spiro atoms. The lowest BCUT2D eigenvalue weighted by molar-refractivity contribution is 0.297. The van der Waals surface area contributed by atoms with Gasteiger partial charge in [0.15, 0.2) is 5.58 Å². The molecule has 1 unspecified atom stereocenters. The van der Waals surface area contributed by atoms with E-state index >= 15 is 0 Å². The third-order valence-electron chi connectivity index (χ3n) is 5.40. The van der Waals surface area contributed by atoms with Gasteiger partial charge in [0.1, 0.15) is 11.3 Å². The van der Waals surface area contributed by atoms with E-state index in [9.17, 15) is 0 Å². The number of oxazole rings is 1. The van der Waals surface area contributed by atoms with Crippen molar-refractivity contribution < 1.29 is 4.42 Å². The summed E-state index contributed by atoms with van der Waals surface area (Å²) in [5, 5.41) is 3.13. The number of hydrogen-bond acceptors (Lipinski definition) is 4. The van der Waals surface area contributed by atoms with E-state index in [1.165, 1.54) is 17.9 Å². The molecule has 2 aromatic heterocycles. The Morgan fingerprint density at radius 1 is 1.32 bits per heavy atom. The maximum absolute atomic E-state index is 5.70. The molecule has 0 aliphatic carbocycles. The van der Waals surface area contributed by atoms with Gasteiger partial charge in [0, 0.05) is 30.8 Å². The topological polar surface area (TPSA) is 55.9 Å². The monoisotopic (exact) mass is 338 g/mol. The molecule has 1 aromatic carbocycles. The van der Waals surface area contributed by atoms with Crippen molar-refractivity contribution in [2.45, 2.75) is 47.1 Å². The summed E-state index contributed by atoms with van der Waals surface area (Å²) in [7, 11) is 0. The smallest absolute Gasteiger partial charge is 0.295 e. The van der Waals surface area contributed by atoms with Crippen LogP contribution in [0.25, 0.3) is 22.4 Å². The van der Waals surface area contributed by atoms with Gasteiger partial charge in [0.2, 0.25) is 0 Å². The van der Waals surface area contributed by atoms with Crippen molar-refractivity contribution in [1.82, 2.24) is 14.5 Å². The van der Waals surface area contributed by atoms with Crippen LogP contribution in [0.4, 0.5) is 6.01 Å². The summed E-state index contributed by atoms with van der Waals surface area (Å²) in [6.45, 7) is 10.7. The Labute approximate surface area is 148 Å². The van der Waals surface area contributed by atoms with Gasteiger partial charge in [-0.1, -0.05) is 13.8 Å². The molecule has 0 fully saturated rings. The zero-order chi connectivity index (χ0) is 17.6. The fourth-order valence-corrected chi connectivity index (χ4v) is 3.82. The van der Waals surface area contributed by atoms with Gasteiger partial charge in [0.05, 0.1) is 5.69 Å². The van der Waals surface area contributed by atoms with Gasteiger partial charge in [-0.3, -0.25) is 0 Å². The number of anilines is 1. The van der Waals surface area contributed by atoms with Crippen molar-refractivity contribution >= 4 is 17.1 Å². The van der Waals surface area contributed by atoms with Crippen LogP contribution in [0.2, 0.25) is 0 Å². The first-order chi connectivity index (χ1) is 12.1. The standard InChI is InChI=1S/C20H26N4O/c1-5-21-20-22-16-10-15(6-7-17(16)25-20)19-13(4)24-9-8-14(12(2)3)11-18(24)23-19/h6-7,10,12,14H,5,8-9,11H2,1-4H3,(H,21,22). The molecule has 1 atom stereocenters. The van der Waals surface area contributed by atoms with Crippen LogP contribution >= 0.6 is 0 Å². The number of benzene rings is 1. The highest BCUT2D eigenvalue weighted by Gasteiger charge is 2.25. The predicted octanol–water partition coefficient (Wildman–Crippen LogP) is 4.65. The molecule has 0 bridgehead atoms. The van der Waals surface area contributed by atoms with Crippen molar-refractivity contribution in [2.24, 2.45) is 11.8 Å². The van der Waals surface area contributed by atoms with Gasteiger partial charge in [-0.2, -0.15) is 4.98 Å². The number of nitrogens with zero attached hydrogens (tertiary/aromatic N) is 3. The number of hydrogen-bond donors (Lipinski definition) is 1. The third kappa shape index (κ3) is 2.81. The van der Waals surface area contributed by atoms with Crippen molar-refractivity contribution in [3.05, 3.63) is 29.7 Å². The van der Waals surface area contributed by atoms with E-state index in [0.717, 1.165) is 47.8 Å². The van der Waals surface area contributed by atoms with Crippen LogP contribution in [0, 0.1) is 18.8 Å². The van der Waals surface area contributed by atoms with E-state index in [2.05, 4.69) is 47.8 Å². The molecule has 4 rings (SSSR count). The van der Waals surface area contributed by atoms with Crippen LogP contribution in [0.15, 0.2) is 22.6 Å². The highest BCUT2D eigenvalue weighted by Crippen LogP contribution is 2.33. The van der Waals surface area contributed by atoms with Crippen LogP contribution in [-0.2, 0) is 13.0 Å². The van der Waals surface area contributed by atoms with Gasteiger partial charge < -0.3 is 14.3 Å². The lowest BCUT2D eigenvalue weighted by Crippen LogP contribution is -2.23. The second-order valence-electron chi connectivity index (χ2n) is 7.34. The van der Waals surface area contributed by atoms with Crippen LogP contribution in [0.5, 0.6) is 0 Å². The molecule has 0 saturated carbocycles. The summed E-state index contributed by atoms with van der Waals surface area (Å²) in [5.74, 6) is 2.68. The normalized spacial score (nSPS) is 17.2. The molecule has 1 aliphatic rings. The van der Waals surface area contributed by atoms with E-state index in [1.54, 1.807) is 0 Å². The zero-order valence-electron chi connectivity index (χ0n) is 15.5. The van der Waals surface area contributed by atoms with Gasteiger partial charge in [-0.15, -0.1) is 0 Å². The summed E-state index contributed by atoms with van der Waals surface area (Å²) in [5.41, 5.74) is 5.13. The first kappa shape index (κ1) is 16.2. The minimum Gasteiger partial charge on any atom is -0.424 e. The van der Waals surface area contributed by atoms with E-state index in [0.29, 0.717) is 11.9 Å². The van der Waals surface area contributed by atoms with Crippen molar-refractivity contribution in [2.75, 3.05) is 11.9 Å². The first-order valence-corrected chi connectivity index (χ1v) is 9.27. The van der Waals surface area contributed by atoms with E-state index in [1.807, 2.05) is 13.0 Å². The predicted molar refractivity (Wildman–Crippen MR) is 101 cm³/mol. The lowest BCUT2D eigenvalue weighted by atomic mass is 9.87. The van der Waals surface area contributed by atoms with E-state index in [4.69, 9.17) is 9.40 Å². The molecule has 0 radical (unpaired) electrons. The Hall–Kier alpha value is -2.30. The molecular weight excluding hydrogens is 312 g/mol. The quantitative estimate of drug-likeness (QED) is 0.752. The fraction of sp³-hybridized carbons (Fsp3) is 0.500. The average Bonchev–Trinajstić information content (AvgIpc) is 3.14. The van der Waals surface area contributed by atoms with Crippen LogP contribution in [0.3, 0.4) is 0 Å². The molecule has 3 heterocycles. The molecular formula is C20H26N4O. The third-order valence-corrected chi connectivity index (χ3v) is 5.40. The average molecular weight is 338 g/mol. The SMILES string of the molecule is CCNc1nc2cc(-c3nc4n(c3C)CCC(C(C)C)C4)ccc2o1. The highest BCUT2D eigenvalue weighted by atomic mass is 16.4. The molecule has 0 amide bonds. The van der Waals surface area contributed by atoms with Crippen LogP contribution < -0.4 is 5.32 Å². The number of imidazole rings is 1. The van der Waals surface area contributed by atoms with E-state index in [-0.39, 0.29) is 0 Å².